The third-order valence-electron chi connectivity index (χ3n) is 3.84. The summed E-state index contributed by atoms with van der Waals surface area (Å²) in [7, 11) is 1.47. The minimum Gasteiger partial charge on any atom is -0.496 e. The van der Waals surface area contributed by atoms with E-state index >= 15 is 0 Å². The smallest absolute Gasteiger partial charge is 0.253 e. The lowest BCUT2D eigenvalue weighted by Gasteiger charge is -2.15. The second-order valence-corrected chi connectivity index (χ2v) is 5.41. The van der Waals surface area contributed by atoms with E-state index in [0.717, 1.165) is 11.8 Å². The third-order valence-corrected chi connectivity index (χ3v) is 3.84. The van der Waals surface area contributed by atoms with Gasteiger partial charge in [-0.25, -0.2) is 0 Å². The summed E-state index contributed by atoms with van der Waals surface area (Å²) in [4.78, 5) is 22.7. The Kier molecular flexibility index (Phi) is 4.06. The van der Waals surface area contributed by atoms with E-state index in [4.69, 9.17) is 15.2 Å². The van der Waals surface area contributed by atoms with Crippen LogP contribution in [0.5, 0.6) is 11.5 Å². The second-order valence-electron chi connectivity index (χ2n) is 5.41. The highest BCUT2D eigenvalue weighted by molar-refractivity contribution is 6.01. The Morgan fingerprint density at radius 3 is 2.91 bits per heavy atom. The molecule has 2 amide bonds. The summed E-state index contributed by atoms with van der Waals surface area (Å²) in [6, 6.07) is 10.2. The quantitative estimate of drug-likeness (QED) is 0.873. The number of nitrogens with two attached hydrogens (primary N) is 1. The molecule has 1 aliphatic heterocycles. The van der Waals surface area contributed by atoms with Crippen LogP contribution in [-0.4, -0.2) is 31.6 Å². The predicted molar refractivity (Wildman–Crippen MR) is 84.5 cm³/mol. The summed E-state index contributed by atoms with van der Waals surface area (Å²) in [5.74, 6) is 0.464. The average Bonchev–Trinajstić information content (AvgIpc) is 2.96. The van der Waals surface area contributed by atoms with Crippen molar-refractivity contribution >= 4 is 22.6 Å². The second kappa shape index (κ2) is 6.16. The molecule has 0 unspecified atom stereocenters. The molecule has 1 atom stereocenters. The van der Waals surface area contributed by atoms with Crippen LogP contribution in [0.25, 0.3) is 10.8 Å². The molecule has 1 heterocycles. The Morgan fingerprint density at radius 2 is 2.26 bits per heavy atom. The zero-order valence-electron chi connectivity index (χ0n) is 12.7. The molecule has 1 fully saturated rings. The van der Waals surface area contributed by atoms with Gasteiger partial charge in [0.05, 0.1) is 18.7 Å². The molecule has 0 spiro atoms. The minimum atomic E-state index is -0.594. The minimum absolute atomic E-state index is 0.0218. The van der Waals surface area contributed by atoms with Gasteiger partial charge in [0.1, 0.15) is 18.1 Å². The van der Waals surface area contributed by atoms with Crippen LogP contribution in [0.4, 0.5) is 0 Å². The van der Waals surface area contributed by atoms with Crippen molar-refractivity contribution < 1.29 is 19.1 Å². The van der Waals surface area contributed by atoms with E-state index in [9.17, 15) is 9.59 Å². The summed E-state index contributed by atoms with van der Waals surface area (Å²) in [6.45, 7) is 0.394. The van der Waals surface area contributed by atoms with Crippen molar-refractivity contribution in [1.82, 2.24) is 5.32 Å². The number of fused-ring (bicyclic) bond motifs is 1. The topological polar surface area (TPSA) is 90.7 Å². The zero-order chi connectivity index (χ0) is 16.4. The van der Waals surface area contributed by atoms with Crippen LogP contribution in [0.3, 0.4) is 0 Å². The van der Waals surface area contributed by atoms with Gasteiger partial charge in [-0.15, -0.1) is 0 Å². The maximum atomic E-state index is 11.5. The molecule has 3 N–H and O–H groups in total. The number of carbonyl (C=O) groups excluding carboxylic acids is 2. The third kappa shape index (κ3) is 3.06. The van der Waals surface area contributed by atoms with Crippen molar-refractivity contribution in [2.75, 3.05) is 13.7 Å². The zero-order valence-corrected chi connectivity index (χ0v) is 12.7. The van der Waals surface area contributed by atoms with Crippen LogP contribution < -0.4 is 20.5 Å². The molecule has 0 aliphatic carbocycles. The number of benzene rings is 2. The Balaban J connectivity index is 1.91. The maximum absolute atomic E-state index is 11.5. The van der Waals surface area contributed by atoms with Crippen LogP contribution in [-0.2, 0) is 4.79 Å². The number of methoxy groups -OCH3 is 1. The first kappa shape index (κ1) is 15.1. The van der Waals surface area contributed by atoms with Gasteiger partial charge < -0.3 is 20.5 Å². The molecule has 3 rings (SSSR count). The normalized spacial score (nSPS) is 17.1. The lowest BCUT2D eigenvalue weighted by molar-refractivity contribution is -0.119. The van der Waals surface area contributed by atoms with Gasteiger partial charge in [-0.05, 0) is 23.9 Å². The molecule has 2 aromatic carbocycles. The van der Waals surface area contributed by atoms with Crippen molar-refractivity contribution in [2.24, 2.45) is 5.73 Å². The Hall–Kier alpha value is -2.76. The molecule has 6 heteroatoms. The molecule has 0 aromatic heterocycles. The van der Waals surface area contributed by atoms with Gasteiger partial charge in [0, 0.05) is 17.9 Å². The summed E-state index contributed by atoms with van der Waals surface area (Å²) in [5, 5.41) is 4.35. The number of primary amides is 1. The first-order valence-corrected chi connectivity index (χ1v) is 7.33. The summed E-state index contributed by atoms with van der Waals surface area (Å²) in [5.41, 5.74) is 5.56. The average molecular weight is 313 g/mol. The lowest BCUT2D eigenvalue weighted by atomic mass is 10.0. The fraction of sp³-hybridized carbons (Fsp3) is 0.294. The maximum Gasteiger partial charge on any atom is 0.253 e. The molecular formula is C17H17N2O4. The Labute approximate surface area is 133 Å². The van der Waals surface area contributed by atoms with E-state index in [1.54, 1.807) is 6.07 Å². The van der Waals surface area contributed by atoms with E-state index in [-0.39, 0.29) is 17.5 Å². The summed E-state index contributed by atoms with van der Waals surface area (Å²) in [6.07, 6.45) is 1.30. The first-order valence-electron chi connectivity index (χ1n) is 7.33. The van der Waals surface area contributed by atoms with Gasteiger partial charge in [0.15, 0.2) is 0 Å². The van der Waals surface area contributed by atoms with E-state index in [1.807, 2.05) is 18.2 Å². The van der Waals surface area contributed by atoms with Gasteiger partial charge in [0.2, 0.25) is 5.91 Å². The van der Waals surface area contributed by atoms with E-state index < -0.39 is 5.91 Å². The highest BCUT2D eigenvalue weighted by Gasteiger charge is 2.21. The van der Waals surface area contributed by atoms with Crippen molar-refractivity contribution in [3.8, 4) is 11.5 Å². The number of nitrogens with one attached hydrogen (secondary N) is 1. The Bertz CT molecular complexity index is 773. The summed E-state index contributed by atoms with van der Waals surface area (Å²) < 4.78 is 11.1. The van der Waals surface area contributed by atoms with Crippen molar-refractivity contribution in [3.63, 3.8) is 0 Å². The van der Waals surface area contributed by atoms with Gasteiger partial charge in [-0.2, -0.15) is 0 Å². The van der Waals surface area contributed by atoms with E-state index in [2.05, 4.69) is 11.4 Å². The SMILES string of the molecule is COc1cc2c(OC[C@@H]3CCC(=O)N3)cccc2[c]c1C(N)=O. The molecule has 0 bridgehead atoms. The molecule has 23 heavy (non-hydrogen) atoms. The van der Waals surface area contributed by atoms with Crippen LogP contribution in [0.1, 0.15) is 23.2 Å². The van der Waals surface area contributed by atoms with Gasteiger partial charge >= 0.3 is 0 Å². The van der Waals surface area contributed by atoms with E-state index in [1.165, 1.54) is 7.11 Å². The van der Waals surface area contributed by atoms with Crippen molar-refractivity contribution in [2.45, 2.75) is 18.9 Å². The monoisotopic (exact) mass is 313 g/mol. The number of rotatable bonds is 5. The number of ether oxygens (including phenoxy) is 2. The lowest BCUT2D eigenvalue weighted by Crippen LogP contribution is -2.30. The fourth-order valence-corrected chi connectivity index (χ4v) is 2.66. The van der Waals surface area contributed by atoms with Crippen molar-refractivity contribution in [3.05, 3.63) is 35.9 Å². The highest BCUT2D eigenvalue weighted by atomic mass is 16.5. The number of hydrogen-bond donors (Lipinski definition) is 2. The van der Waals surface area contributed by atoms with Crippen LogP contribution in [0.15, 0.2) is 24.3 Å². The Morgan fingerprint density at radius 1 is 1.43 bits per heavy atom. The standard InChI is InChI=1S/C17H17N2O4/c1-22-15-8-12-10(7-13(15)17(18)21)3-2-4-14(12)23-9-11-5-6-16(20)19-11/h2-4,8,11H,5-6,9H2,1H3,(H2,18,21)(H,19,20)/t11-/m0/s1. The van der Waals surface area contributed by atoms with Gasteiger partial charge in [0.25, 0.3) is 5.91 Å². The van der Waals surface area contributed by atoms with Crippen molar-refractivity contribution in [1.29, 1.82) is 0 Å². The number of amides is 2. The van der Waals surface area contributed by atoms with Crippen LogP contribution >= 0.6 is 0 Å². The predicted octanol–water partition coefficient (Wildman–Crippen LogP) is 1.40. The molecular weight excluding hydrogens is 296 g/mol. The largest absolute Gasteiger partial charge is 0.496 e. The molecule has 1 radical (unpaired) electrons. The molecule has 0 saturated carbocycles. The molecule has 1 aliphatic rings. The molecule has 6 nitrogen and oxygen atoms in total. The van der Waals surface area contributed by atoms with Crippen LogP contribution in [0.2, 0.25) is 0 Å². The molecule has 2 aromatic rings. The molecule has 1 saturated heterocycles. The highest BCUT2D eigenvalue weighted by Crippen LogP contribution is 2.31. The molecule has 119 valence electrons. The number of carbonyl (C=O) groups is 2. The summed E-state index contributed by atoms with van der Waals surface area (Å²) >= 11 is 0. The van der Waals surface area contributed by atoms with Gasteiger partial charge in [-0.1, -0.05) is 12.1 Å². The van der Waals surface area contributed by atoms with Crippen LogP contribution in [0, 0.1) is 6.07 Å². The van der Waals surface area contributed by atoms with Gasteiger partial charge in [-0.3, -0.25) is 9.59 Å². The fourth-order valence-electron chi connectivity index (χ4n) is 2.66. The first-order chi connectivity index (χ1) is 11.1. The number of hydrogen-bond acceptors (Lipinski definition) is 4. The van der Waals surface area contributed by atoms with E-state index in [0.29, 0.717) is 29.9 Å².